The number of rotatable bonds is 9. The van der Waals surface area contributed by atoms with E-state index in [4.69, 9.17) is 0 Å². The van der Waals surface area contributed by atoms with Gasteiger partial charge in [0.1, 0.15) is 0 Å². The third kappa shape index (κ3) is 4.63. The fourth-order valence-corrected chi connectivity index (χ4v) is 2.98. The highest BCUT2D eigenvalue weighted by Crippen LogP contribution is 2.29. The zero-order valence-corrected chi connectivity index (χ0v) is 13.8. The summed E-state index contributed by atoms with van der Waals surface area (Å²) in [5, 5.41) is 10.6. The van der Waals surface area contributed by atoms with E-state index in [1.54, 1.807) is 0 Å². The van der Waals surface area contributed by atoms with Crippen molar-refractivity contribution in [1.82, 2.24) is 0 Å². The molecule has 1 aromatic rings. The largest absolute Gasteiger partial charge is 0.388 e. The van der Waals surface area contributed by atoms with Crippen molar-refractivity contribution in [1.29, 1.82) is 0 Å². The summed E-state index contributed by atoms with van der Waals surface area (Å²) in [4.78, 5) is 0. The van der Waals surface area contributed by atoms with E-state index < -0.39 is 0 Å². The lowest BCUT2D eigenvalue weighted by atomic mass is 9.88. The molecule has 0 bridgehead atoms. The van der Waals surface area contributed by atoms with E-state index in [-0.39, 0.29) is 6.10 Å². The van der Waals surface area contributed by atoms with Gasteiger partial charge in [0.15, 0.2) is 0 Å². The van der Waals surface area contributed by atoms with E-state index in [1.165, 1.54) is 41.5 Å². The molecule has 1 nitrogen and oxygen atoms in total. The molecule has 0 radical (unpaired) electrons. The Morgan fingerprint density at radius 2 is 1.45 bits per heavy atom. The Morgan fingerprint density at radius 1 is 0.850 bits per heavy atom. The van der Waals surface area contributed by atoms with Gasteiger partial charge in [-0.15, -0.1) is 0 Å². The van der Waals surface area contributed by atoms with Crippen LogP contribution in [-0.2, 0) is 19.3 Å². The minimum absolute atomic E-state index is 0.275. The molecule has 114 valence electrons. The number of hydrogen-bond donors (Lipinski definition) is 1. The summed E-state index contributed by atoms with van der Waals surface area (Å²) in [5.74, 6) is 0. The van der Waals surface area contributed by atoms with Crippen LogP contribution in [0.3, 0.4) is 0 Å². The van der Waals surface area contributed by atoms with Crippen LogP contribution in [0.5, 0.6) is 0 Å². The fraction of sp³-hybridized carbons (Fsp3) is 0.684. The van der Waals surface area contributed by atoms with Gasteiger partial charge in [-0.1, -0.05) is 65.5 Å². The number of aliphatic hydroxyl groups excluding tert-OH is 1. The molecule has 1 unspecified atom stereocenters. The lowest BCUT2D eigenvalue weighted by Gasteiger charge is -2.20. The lowest BCUT2D eigenvalue weighted by Crippen LogP contribution is -2.07. The normalized spacial score (nSPS) is 12.7. The van der Waals surface area contributed by atoms with Gasteiger partial charge in [-0.25, -0.2) is 0 Å². The maximum atomic E-state index is 10.6. The van der Waals surface area contributed by atoms with Crippen LogP contribution in [0.15, 0.2) is 12.1 Å². The minimum Gasteiger partial charge on any atom is -0.388 e. The zero-order valence-electron chi connectivity index (χ0n) is 13.8. The molecule has 0 aliphatic heterocycles. The Labute approximate surface area is 125 Å². The van der Waals surface area contributed by atoms with Gasteiger partial charge >= 0.3 is 0 Å². The second kappa shape index (κ2) is 9.18. The Hall–Kier alpha value is -0.820. The number of aliphatic hydroxyl groups is 1. The van der Waals surface area contributed by atoms with Gasteiger partial charge in [-0.3, -0.25) is 0 Å². The second-order valence-corrected chi connectivity index (χ2v) is 5.75. The molecular formula is C19H32O. The van der Waals surface area contributed by atoms with Crippen LogP contribution in [0.1, 0.15) is 88.2 Å². The Kier molecular flexibility index (Phi) is 7.91. The van der Waals surface area contributed by atoms with Gasteiger partial charge < -0.3 is 5.11 Å². The molecule has 0 saturated heterocycles. The summed E-state index contributed by atoms with van der Waals surface area (Å²) in [6.07, 6.45) is 8.65. The van der Waals surface area contributed by atoms with Gasteiger partial charge in [0.2, 0.25) is 0 Å². The van der Waals surface area contributed by atoms with Crippen molar-refractivity contribution in [2.75, 3.05) is 0 Å². The van der Waals surface area contributed by atoms with Gasteiger partial charge in [0, 0.05) is 0 Å². The van der Waals surface area contributed by atoms with Crippen molar-refractivity contribution in [3.63, 3.8) is 0 Å². The molecule has 0 aliphatic carbocycles. The van der Waals surface area contributed by atoms with E-state index in [9.17, 15) is 5.11 Å². The number of hydrogen-bond acceptors (Lipinski definition) is 1. The topological polar surface area (TPSA) is 20.2 Å². The van der Waals surface area contributed by atoms with Crippen LogP contribution in [0, 0.1) is 0 Å². The monoisotopic (exact) mass is 276 g/mol. The predicted molar refractivity (Wildman–Crippen MR) is 88.3 cm³/mol. The SMILES string of the molecule is CCCCCCC(O)c1c(CC)cc(CC)cc1CC. The Morgan fingerprint density at radius 3 is 1.90 bits per heavy atom. The Balaban J connectivity index is 2.90. The summed E-state index contributed by atoms with van der Waals surface area (Å²) >= 11 is 0. The van der Waals surface area contributed by atoms with Gasteiger partial charge in [-0.2, -0.15) is 0 Å². The van der Waals surface area contributed by atoms with E-state index in [0.717, 1.165) is 32.1 Å². The van der Waals surface area contributed by atoms with E-state index in [1.807, 2.05) is 0 Å². The van der Waals surface area contributed by atoms with Crippen LogP contribution in [0.2, 0.25) is 0 Å². The molecule has 1 heteroatoms. The first-order chi connectivity index (χ1) is 9.67. The highest BCUT2D eigenvalue weighted by molar-refractivity contribution is 5.41. The highest BCUT2D eigenvalue weighted by Gasteiger charge is 2.16. The summed E-state index contributed by atoms with van der Waals surface area (Å²) < 4.78 is 0. The van der Waals surface area contributed by atoms with Crippen molar-refractivity contribution in [2.45, 2.75) is 85.2 Å². The smallest absolute Gasteiger partial charge is 0.0795 e. The van der Waals surface area contributed by atoms with E-state index in [0.29, 0.717) is 0 Å². The predicted octanol–water partition coefficient (Wildman–Crippen LogP) is 5.38. The summed E-state index contributed by atoms with van der Waals surface area (Å²) in [5.41, 5.74) is 5.33. The van der Waals surface area contributed by atoms with Gasteiger partial charge in [0.25, 0.3) is 0 Å². The first kappa shape index (κ1) is 17.2. The molecule has 0 amide bonds. The first-order valence-corrected chi connectivity index (χ1v) is 8.50. The Bertz CT molecular complexity index is 370. The van der Waals surface area contributed by atoms with Crippen molar-refractivity contribution in [3.05, 3.63) is 34.4 Å². The van der Waals surface area contributed by atoms with Crippen molar-refractivity contribution < 1.29 is 5.11 Å². The van der Waals surface area contributed by atoms with Crippen molar-refractivity contribution in [2.24, 2.45) is 0 Å². The van der Waals surface area contributed by atoms with E-state index in [2.05, 4.69) is 39.8 Å². The first-order valence-electron chi connectivity index (χ1n) is 8.50. The molecule has 20 heavy (non-hydrogen) atoms. The maximum Gasteiger partial charge on any atom is 0.0795 e. The van der Waals surface area contributed by atoms with E-state index >= 15 is 0 Å². The van der Waals surface area contributed by atoms with Crippen LogP contribution in [0.25, 0.3) is 0 Å². The van der Waals surface area contributed by atoms with Crippen LogP contribution in [-0.4, -0.2) is 5.11 Å². The molecule has 1 atom stereocenters. The molecule has 0 aromatic heterocycles. The third-order valence-corrected chi connectivity index (χ3v) is 4.25. The molecule has 0 aliphatic rings. The quantitative estimate of drug-likeness (QED) is 0.600. The van der Waals surface area contributed by atoms with Crippen LogP contribution >= 0.6 is 0 Å². The second-order valence-electron chi connectivity index (χ2n) is 5.75. The average molecular weight is 276 g/mol. The summed E-state index contributed by atoms with van der Waals surface area (Å²) in [7, 11) is 0. The van der Waals surface area contributed by atoms with Crippen molar-refractivity contribution >= 4 is 0 Å². The maximum absolute atomic E-state index is 10.6. The molecule has 0 heterocycles. The lowest BCUT2D eigenvalue weighted by molar-refractivity contribution is 0.161. The molecule has 1 N–H and O–H groups in total. The summed E-state index contributed by atoms with van der Waals surface area (Å²) in [6.45, 7) is 8.82. The molecule has 1 rings (SSSR count). The molecular weight excluding hydrogens is 244 g/mol. The van der Waals surface area contributed by atoms with Gasteiger partial charge in [0.05, 0.1) is 6.10 Å². The molecule has 0 fully saturated rings. The molecule has 1 aromatic carbocycles. The zero-order chi connectivity index (χ0) is 15.0. The van der Waals surface area contributed by atoms with Crippen LogP contribution in [0.4, 0.5) is 0 Å². The fourth-order valence-electron chi connectivity index (χ4n) is 2.98. The number of unbranched alkanes of at least 4 members (excludes halogenated alkanes) is 3. The molecule has 0 saturated carbocycles. The number of benzene rings is 1. The third-order valence-electron chi connectivity index (χ3n) is 4.25. The van der Waals surface area contributed by atoms with Crippen LogP contribution < -0.4 is 0 Å². The standard InChI is InChI=1S/C19H32O/c1-5-9-10-11-12-18(20)19-16(7-3)13-15(6-2)14-17(19)8-4/h13-14,18,20H,5-12H2,1-4H3. The van der Waals surface area contributed by atoms with Gasteiger partial charge in [-0.05, 0) is 47.9 Å². The summed E-state index contributed by atoms with van der Waals surface area (Å²) in [6, 6.07) is 4.59. The number of aryl methyl sites for hydroxylation is 3. The molecule has 0 spiro atoms. The highest BCUT2D eigenvalue weighted by atomic mass is 16.3. The minimum atomic E-state index is -0.275. The van der Waals surface area contributed by atoms with Crippen molar-refractivity contribution in [3.8, 4) is 0 Å². The average Bonchev–Trinajstić information content (AvgIpc) is 2.49.